The van der Waals surface area contributed by atoms with E-state index in [1.54, 1.807) is 0 Å². The molecule has 0 bridgehead atoms. The number of nitrogens with zero attached hydrogens (tertiary/aromatic N) is 2. The molecule has 0 fully saturated rings. The van der Waals surface area contributed by atoms with E-state index in [1.807, 2.05) is 6.07 Å². The van der Waals surface area contributed by atoms with Crippen LogP contribution >= 0.6 is 0 Å². The molecular formula is C11H19N3O4. The highest BCUT2D eigenvalue weighted by Gasteiger charge is 2.20. The van der Waals surface area contributed by atoms with Crippen LogP contribution in [0.15, 0.2) is 0 Å². The Balaban J connectivity index is 4.19. The van der Waals surface area contributed by atoms with Gasteiger partial charge in [0.1, 0.15) is 6.04 Å². The fraction of sp³-hybridized carbons (Fsp3) is 0.727. The van der Waals surface area contributed by atoms with E-state index in [4.69, 9.17) is 15.1 Å². The summed E-state index contributed by atoms with van der Waals surface area (Å²) in [7, 11) is 3.05. The van der Waals surface area contributed by atoms with Gasteiger partial charge in [-0.2, -0.15) is 5.26 Å². The smallest absolute Gasteiger partial charge is 0.326 e. The average Bonchev–Trinajstić information content (AvgIpc) is 2.34. The van der Waals surface area contributed by atoms with Crippen molar-refractivity contribution in [3.63, 3.8) is 0 Å². The topological polar surface area (TPSA) is 103 Å². The van der Waals surface area contributed by atoms with Crippen LogP contribution in [0.2, 0.25) is 0 Å². The van der Waals surface area contributed by atoms with Crippen molar-refractivity contribution in [2.75, 3.05) is 27.3 Å². The molecule has 7 heteroatoms. The van der Waals surface area contributed by atoms with Crippen molar-refractivity contribution in [3.8, 4) is 6.07 Å². The fourth-order valence-corrected chi connectivity index (χ4v) is 1.27. The Kier molecular flexibility index (Phi) is 8.31. The first-order valence-corrected chi connectivity index (χ1v) is 5.63. The van der Waals surface area contributed by atoms with Gasteiger partial charge in [-0.1, -0.05) is 0 Å². The van der Waals surface area contributed by atoms with Crippen LogP contribution < -0.4 is 5.32 Å². The van der Waals surface area contributed by atoms with Crippen LogP contribution in [0, 0.1) is 11.3 Å². The minimum Gasteiger partial charge on any atom is -0.480 e. The molecule has 0 aliphatic rings. The van der Waals surface area contributed by atoms with E-state index in [9.17, 15) is 9.59 Å². The van der Waals surface area contributed by atoms with E-state index in [1.165, 1.54) is 19.1 Å². The van der Waals surface area contributed by atoms with Crippen LogP contribution in [-0.4, -0.2) is 55.4 Å². The molecule has 7 nitrogen and oxygen atoms in total. The second-order valence-electron chi connectivity index (χ2n) is 3.81. The molecule has 0 aromatic carbocycles. The lowest BCUT2D eigenvalue weighted by molar-refractivity contribution is -0.139. The summed E-state index contributed by atoms with van der Waals surface area (Å²) in [6.45, 7) is 0.719. The van der Waals surface area contributed by atoms with Crippen molar-refractivity contribution in [2.24, 2.45) is 0 Å². The molecule has 0 spiro atoms. The number of carbonyl (C=O) groups is 2. The lowest BCUT2D eigenvalue weighted by Gasteiger charge is -2.20. The van der Waals surface area contributed by atoms with Gasteiger partial charge in [0.25, 0.3) is 0 Å². The first-order chi connectivity index (χ1) is 8.52. The number of amides is 2. The Morgan fingerprint density at radius 2 is 2.22 bits per heavy atom. The maximum absolute atomic E-state index is 11.6. The number of aliphatic carboxylic acids is 1. The van der Waals surface area contributed by atoms with Crippen molar-refractivity contribution in [1.29, 1.82) is 5.26 Å². The number of hydrogen-bond acceptors (Lipinski definition) is 4. The summed E-state index contributed by atoms with van der Waals surface area (Å²) in [5, 5.41) is 19.8. The second-order valence-corrected chi connectivity index (χ2v) is 3.81. The number of nitrogens with one attached hydrogen (secondary N) is 1. The molecule has 0 radical (unpaired) electrons. The third-order valence-electron chi connectivity index (χ3n) is 2.34. The third kappa shape index (κ3) is 6.70. The molecule has 0 aliphatic heterocycles. The Bertz CT molecular complexity index is 314. The van der Waals surface area contributed by atoms with E-state index in [0.29, 0.717) is 19.4 Å². The van der Waals surface area contributed by atoms with E-state index in [0.717, 1.165) is 0 Å². The predicted molar refractivity (Wildman–Crippen MR) is 63.9 cm³/mol. The number of urea groups is 1. The standard InChI is InChI=1S/C11H19N3O4/c1-14(7-4-6-12)11(17)13-9(10(15)16)5-3-8-18-2/h9H,3-5,7-8H2,1-2H3,(H,13,17)(H,15,16). The molecule has 0 saturated carbocycles. The highest BCUT2D eigenvalue weighted by atomic mass is 16.5. The van der Waals surface area contributed by atoms with Gasteiger partial charge in [0.15, 0.2) is 0 Å². The van der Waals surface area contributed by atoms with Gasteiger partial charge < -0.3 is 20.1 Å². The predicted octanol–water partition coefficient (Wildman–Crippen LogP) is 0.421. The number of carboxylic acid groups (broad SMARTS) is 1. The first-order valence-electron chi connectivity index (χ1n) is 5.63. The summed E-state index contributed by atoms with van der Waals surface area (Å²) in [4.78, 5) is 23.8. The van der Waals surface area contributed by atoms with Crippen LogP contribution in [-0.2, 0) is 9.53 Å². The molecule has 1 atom stereocenters. The quantitative estimate of drug-likeness (QED) is 0.613. The van der Waals surface area contributed by atoms with E-state index in [-0.39, 0.29) is 13.0 Å². The molecule has 1 unspecified atom stereocenters. The van der Waals surface area contributed by atoms with Gasteiger partial charge in [-0.05, 0) is 12.8 Å². The maximum atomic E-state index is 11.6. The van der Waals surface area contributed by atoms with Crippen LogP contribution in [0.4, 0.5) is 4.79 Å². The molecule has 18 heavy (non-hydrogen) atoms. The Morgan fingerprint density at radius 1 is 1.56 bits per heavy atom. The summed E-state index contributed by atoms with van der Waals surface area (Å²) in [5.41, 5.74) is 0. The molecular weight excluding hydrogens is 238 g/mol. The van der Waals surface area contributed by atoms with Gasteiger partial charge in [-0.25, -0.2) is 9.59 Å². The normalized spacial score (nSPS) is 11.4. The zero-order valence-corrected chi connectivity index (χ0v) is 10.7. The molecule has 0 rings (SSSR count). The zero-order valence-electron chi connectivity index (χ0n) is 10.7. The van der Waals surface area contributed by atoms with Gasteiger partial charge in [0, 0.05) is 27.3 Å². The van der Waals surface area contributed by atoms with Crippen LogP contribution in [0.1, 0.15) is 19.3 Å². The number of rotatable bonds is 8. The van der Waals surface area contributed by atoms with E-state index >= 15 is 0 Å². The Labute approximate surface area is 106 Å². The number of methoxy groups -OCH3 is 1. The molecule has 0 aromatic rings. The molecule has 2 amide bonds. The summed E-state index contributed by atoms with van der Waals surface area (Å²) in [6.07, 6.45) is 1.07. The van der Waals surface area contributed by atoms with Gasteiger partial charge in [0.05, 0.1) is 12.5 Å². The highest BCUT2D eigenvalue weighted by molar-refractivity contribution is 5.82. The van der Waals surface area contributed by atoms with Crippen molar-refractivity contribution in [2.45, 2.75) is 25.3 Å². The first kappa shape index (κ1) is 16.2. The van der Waals surface area contributed by atoms with Gasteiger partial charge in [0.2, 0.25) is 0 Å². The summed E-state index contributed by atoms with van der Waals surface area (Å²) >= 11 is 0. The molecule has 0 aliphatic carbocycles. The summed E-state index contributed by atoms with van der Waals surface area (Å²) in [5.74, 6) is -1.08. The summed E-state index contributed by atoms with van der Waals surface area (Å²) in [6, 6.07) is 0.493. The van der Waals surface area contributed by atoms with Crippen molar-refractivity contribution >= 4 is 12.0 Å². The summed E-state index contributed by atoms with van der Waals surface area (Å²) < 4.78 is 4.83. The average molecular weight is 257 g/mol. The van der Waals surface area contributed by atoms with Crippen molar-refractivity contribution in [3.05, 3.63) is 0 Å². The molecule has 0 saturated heterocycles. The number of nitriles is 1. The zero-order chi connectivity index (χ0) is 14.0. The monoisotopic (exact) mass is 257 g/mol. The van der Waals surface area contributed by atoms with Crippen LogP contribution in [0.5, 0.6) is 0 Å². The minimum absolute atomic E-state index is 0.214. The molecule has 0 aromatic heterocycles. The van der Waals surface area contributed by atoms with Gasteiger partial charge in [-0.3, -0.25) is 0 Å². The van der Waals surface area contributed by atoms with Crippen LogP contribution in [0.25, 0.3) is 0 Å². The molecule has 0 heterocycles. The number of hydrogen-bond donors (Lipinski definition) is 2. The van der Waals surface area contributed by atoms with Crippen molar-refractivity contribution in [1.82, 2.24) is 10.2 Å². The Hall–Kier alpha value is -1.81. The SMILES string of the molecule is COCCCC(NC(=O)N(C)CCC#N)C(=O)O. The Morgan fingerprint density at radius 3 is 2.72 bits per heavy atom. The van der Waals surface area contributed by atoms with Gasteiger partial charge in [-0.15, -0.1) is 0 Å². The lowest BCUT2D eigenvalue weighted by Crippen LogP contribution is -2.46. The fourth-order valence-electron chi connectivity index (χ4n) is 1.27. The number of carboxylic acids is 1. The maximum Gasteiger partial charge on any atom is 0.326 e. The molecule has 102 valence electrons. The second kappa shape index (κ2) is 9.24. The van der Waals surface area contributed by atoms with Gasteiger partial charge >= 0.3 is 12.0 Å². The third-order valence-corrected chi connectivity index (χ3v) is 2.34. The largest absolute Gasteiger partial charge is 0.480 e. The minimum atomic E-state index is -1.08. The lowest BCUT2D eigenvalue weighted by atomic mass is 10.1. The van der Waals surface area contributed by atoms with Crippen molar-refractivity contribution < 1.29 is 19.4 Å². The molecule has 2 N–H and O–H groups in total. The number of ether oxygens (including phenoxy) is 1. The van der Waals surface area contributed by atoms with Crippen LogP contribution in [0.3, 0.4) is 0 Å². The highest BCUT2D eigenvalue weighted by Crippen LogP contribution is 2.00. The van der Waals surface area contributed by atoms with E-state index < -0.39 is 18.0 Å². The van der Waals surface area contributed by atoms with E-state index in [2.05, 4.69) is 5.32 Å². The number of carbonyl (C=O) groups excluding carboxylic acids is 1.